The molecule has 3 saturated carbocycles. The van der Waals surface area contributed by atoms with Gasteiger partial charge >= 0.3 is 0 Å². The molecule has 0 aromatic rings. The van der Waals surface area contributed by atoms with Gasteiger partial charge in [0.15, 0.2) is 0 Å². The van der Waals surface area contributed by atoms with Gasteiger partial charge in [-0.3, -0.25) is 0 Å². The van der Waals surface area contributed by atoms with Crippen LogP contribution < -0.4 is 5.73 Å². The van der Waals surface area contributed by atoms with Crippen molar-refractivity contribution in [3.63, 3.8) is 0 Å². The van der Waals surface area contributed by atoms with Gasteiger partial charge in [0.05, 0.1) is 5.84 Å². The van der Waals surface area contributed by atoms with Crippen molar-refractivity contribution in [1.29, 1.82) is 0 Å². The van der Waals surface area contributed by atoms with Crippen LogP contribution in [0.2, 0.25) is 0 Å². The lowest BCUT2D eigenvalue weighted by Crippen LogP contribution is -2.53. The fraction of sp³-hybridized carbons (Fsp3) is 0.870. The summed E-state index contributed by atoms with van der Waals surface area (Å²) in [4.78, 5) is 4.78. The Kier molecular flexibility index (Phi) is 3.51. The molecular weight excluding hydrogens is 304 g/mol. The average molecular weight is 341 g/mol. The molecule has 0 aromatic carbocycles. The highest BCUT2D eigenvalue weighted by molar-refractivity contribution is 5.82. The van der Waals surface area contributed by atoms with E-state index in [1.807, 2.05) is 0 Å². The van der Waals surface area contributed by atoms with Crippen LogP contribution in [0.1, 0.15) is 85.0 Å². The van der Waals surface area contributed by atoms with Crippen molar-refractivity contribution >= 4 is 5.84 Å². The SMILES string of the molecule is CC1CCC2C3CCC4C5=C(CCC4(C)C3CCC12C)N=C(N)CC5. The predicted octanol–water partition coefficient (Wildman–Crippen LogP) is 5.68. The third kappa shape index (κ3) is 2.12. The first-order chi connectivity index (χ1) is 11.9. The van der Waals surface area contributed by atoms with Crippen LogP contribution in [0.15, 0.2) is 16.3 Å². The summed E-state index contributed by atoms with van der Waals surface area (Å²) in [6.45, 7) is 7.84. The molecule has 2 nitrogen and oxygen atoms in total. The number of fused-ring (bicyclic) bond motifs is 6. The first-order valence-electron chi connectivity index (χ1n) is 11.0. The van der Waals surface area contributed by atoms with Crippen LogP contribution in [0.5, 0.6) is 0 Å². The Morgan fingerprint density at radius 1 is 0.880 bits per heavy atom. The summed E-state index contributed by atoms with van der Waals surface area (Å²) in [5.41, 5.74) is 10.3. The Balaban J connectivity index is 1.49. The van der Waals surface area contributed by atoms with Crippen molar-refractivity contribution in [3.8, 4) is 0 Å². The lowest BCUT2D eigenvalue weighted by molar-refractivity contribution is -0.0933. The summed E-state index contributed by atoms with van der Waals surface area (Å²) in [7, 11) is 0. The molecule has 1 aliphatic heterocycles. The molecule has 2 N–H and O–H groups in total. The van der Waals surface area contributed by atoms with E-state index in [0.29, 0.717) is 10.8 Å². The second-order valence-electron chi connectivity index (χ2n) is 10.6. The average Bonchev–Trinajstić information content (AvgIpc) is 2.90. The first kappa shape index (κ1) is 16.4. The number of hydrogen-bond acceptors (Lipinski definition) is 2. The minimum atomic E-state index is 0.538. The van der Waals surface area contributed by atoms with E-state index < -0.39 is 0 Å². The molecule has 0 saturated heterocycles. The normalized spacial score (nSPS) is 52.0. The smallest absolute Gasteiger partial charge is 0.0995 e. The van der Waals surface area contributed by atoms with E-state index in [4.69, 9.17) is 10.7 Å². The molecule has 0 amide bonds. The van der Waals surface area contributed by atoms with E-state index in [0.717, 1.165) is 41.8 Å². The molecule has 138 valence electrons. The van der Waals surface area contributed by atoms with Crippen LogP contribution >= 0.6 is 0 Å². The lowest BCUT2D eigenvalue weighted by atomic mass is 9.44. The zero-order valence-electron chi connectivity index (χ0n) is 16.5. The van der Waals surface area contributed by atoms with Crippen molar-refractivity contribution in [2.75, 3.05) is 0 Å². The summed E-state index contributed by atoms with van der Waals surface area (Å²) in [6, 6.07) is 0. The number of hydrogen-bond donors (Lipinski definition) is 1. The summed E-state index contributed by atoms with van der Waals surface area (Å²) >= 11 is 0. The third-order valence-electron chi connectivity index (χ3n) is 9.96. The standard InChI is InChI=1S/C23H36N2/c1-14-4-7-17-15-5-8-18-16-6-9-21(24)25-20(16)11-13-23(18,3)19(15)10-12-22(14,17)2/h14-15,17-19H,4-13H2,1-3H3,(H2,24,25). The second-order valence-corrected chi connectivity index (χ2v) is 10.6. The van der Waals surface area contributed by atoms with Crippen LogP contribution in [-0.2, 0) is 0 Å². The topological polar surface area (TPSA) is 38.4 Å². The minimum absolute atomic E-state index is 0.538. The molecule has 5 aliphatic rings. The summed E-state index contributed by atoms with van der Waals surface area (Å²) in [6.07, 6.45) is 13.6. The van der Waals surface area contributed by atoms with Gasteiger partial charge in [-0.25, -0.2) is 4.99 Å². The number of rotatable bonds is 0. The Morgan fingerprint density at radius 3 is 2.52 bits per heavy atom. The predicted molar refractivity (Wildman–Crippen MR) is 104 cm³/mol. The number of nitrogens with two attached hydrogens (primary N) is 1. The van der Waals surface area contributed by atoms with Gasteiger partial charge in [-0.1, -0.05) is 20.8 Å². The highest BCUT2D eigenvalue weighted by Crippen LogP contribution is 2.68. The van der Waals surface area contributed by atoms with E-state index in [1.54, 1.807) is 5.57 Å². The van der Waals surface area contributed by atoms with Crippen molar-refractivity contribution < 1.29 is 0 Å². The van der Waals surface area contributed by atoms with E-state index in [2.05, 4.69) is 20.8 Å². The molecule has 0 aromatic heterocycles. The molecule has 2 heteroatoms. The van der Waals surface area contributed by atoms with Crippen LogP contribution in [0.25, 0.3) is 0 Å². The summed E-state index contributed by atoms with van der Waals surface area (Å²) in [5.74, 6) is 5.60. The number of nitrogens with zero attached hydrogens (tertiary/aromatic N) is 1. The largest absolute Gasteiger partial charge is 0.387 e. The van der Waals surface area contributed by atoms with E-state index >= 15 is 0 Å². The van der Waals surface area contributed by atoms with Gasteiger partial charge in [-0.05, 0) is 104 Å². The highest BCUT2D eigenvalue weighted by atomic mass is 14.9. The fourth-order valence-corrected chi connectivity index (χ4v) is 8.34. The van der Waals surface area contributed by atoms with Crippen molar-refractivity contribution in [3.05, 3.63) is 11.3 Å². The van der Waals surface area contributed by atoms with Crippen LogP contribution in [0.4, 0.5) is 0 Å². The summed E-state index contributed by atoms with van der Waals surface area (Å²) in [5, 5.41) is 0. The minimum Gasteiger partial charge on any atom is -0.387 e. The Bertz CT molecular complexity index is 646. The van der Waals surface area contributed by atoms with Crippen molar-refractivity contribution in [2.45, 2.75) is 85.0 Å². The Morgan fingerprint density at radius 2 is 1.68 bits per heavy atom. The third-order valence-corrected chi connectivity index (χ3v) is 9.96. The molecule has 25 heavy (non-hydrogen) atoms. The monoisotopic (exact) mass is 340 g/mol. The number of aliphatic imine (C=N–C) groups is 1. The van der Waals surface area contributed by atoms with Crippen LogP contribution in [-0.4, -0.2) is 5.84 Å². The molecule has 0 spiro atoms. The fourth-order valence-electron chi connectivity index (χ4n) is 8.34. The maximum Gasteiger partial charge on any atom is 0.0995 e. The number of allylic oxidation sites excluding steroid dienone is 2. The molecule has 1 heterocycles. The Hall–Kier alpha value is -0.790. The van der Waals surface area contributed by atoms with Gasteiger partial charge in [0.2, 0.25) is 0 Å². The second kappa shape index (κ2) is 5.36. The summed E-state index contributed by atoms with van der Waals surface area (Å²) < 4.78 is 0. The van der Waals surface area contributed by atoms with E-state index in [9.17, 15) is 0 Å². The van der Waals surface area contributed by atoms with Crippen LogP contribution in [0.3, 0.4) is 0 Å². The maximum atomic E-state index is 6.05. The van der Waals surface area contributed by atoms with Gasteiger partial charge in [0, 0.05) is 12.1 Å². The number of amidine groups is 1. The molecule has 4 aliphatic carbocycles. The van der Waals surface area contributed by atoms with Gasteiger partial charge in [-0.15, -0.1) is 0 Å². The van der Waals surface area contributed by atoms with Crippen molar-refractivity contribution in [1.82, 2.24) is 0 Å². The van der Waals surface area contributed by atoms with Crippen LogP contribution in [0, 0.1) is 40.4 Å². The molecule has 7 atom stereocenters. The first-order valence-corrected chi connectivity index (χ1v) is 11.0. The lowest BCUT2D eigenvalue weighted by Gasteiger charge is -2.61. The Labute approximate surface area is 153 Å². The zero-order chi connectivity index (χ0) is 17.4. The molecule has 5 rings (SSSR count). The molecular formula is C23H36N2. The molecule has 3 fully saturated rings. The van der Waals surface area contributed by atoms with E-state index in [1.165, 1.54) is 63.5 Å². The molecule has 7 unspecified atom stereocenters. The highest BCUT2D eigenvalue weighted by Gasteiger charge is 2.59. The van der Waals surface area contributed by atoms with Crippen molar-refractivity contribution in [2.24, 2.45) is 51.1 Å². The van der Waals surface area contributed by atoms with Gasteiger partial charge in [0.1, 0.15) is 0 Å². The van der Waals surface area contributed by atoms with Gasteiger partial charge in [0.25, 0.3) is 0 Å². The zero-order valence-corrected chi connectivity index (χ0v) is 16.5. The van der Waals surface area contributed by atoms with E-state index in [-0.39, 0.29) is 0 Å². The molecule has 0 radical (unpaired) electrons. The van der Waals surface area contributed by atoms with Gasteiger partial charge < -0.3 is 5.73 Å². The van der Waals surface area contributed by atoms with Gasteiger partial charge in [-0.2, -0.15) is 0 Å². The molecule has 0 bridgehead atoms. The maximum absolute atomic E-state index is 6.05. The quantitative estimate of drug-likeness (QED) is 0.605.